The van der Waals surface area contributed by atoms with Crippen LogP contribution in [0.3, 0.4) is 0 Å². The van der Waals surface area contributed by atoms with Crippen molar-refractivity contribution in [1.29, 1.82) is 0 Å². The molecule has 0 bridgehead atoms. The normalized spacial score (nSPS) is 12.2. The van der Waals surface area contributed by atoms with Gasteiger partial charge in [-0.15, -0.1) is 0 Å². The van der Waals surface area contributed by atoms with Gasteiger partial charge in [0.2, 0.25) is 0 Å². The summed E-state index contributed by atoms with van der Waals surface area (Å²) in [6.45, 7) is 4.91. The van der Waals surface area contributed by atoms with Crippen LogP contribution in [0.2, 0.25) is 0 Å². The number of aldehydes is 1. The first-order valence-corrected chi connectivity index (χ1v) is 2.90. The van der Waals surface area contributed by atoms with E-state index in [0.717, 1.165) is 0 Å². The molecule has 0 amide bonds. The van der Waals surface area contributed by atoms with Crippen LogP contribution >= 0.6 is 0 Å². The average Bonchev–Trinajstić information content (AvgIpc) is 1.87. The number of allylic oxidation sites excluding steroid dienone is 1. The maximum atomic E-state index is 10.7. The van der Waals surface area contributed by atoms with Gasteiger partial charge in [0.25, 0.3) is 0 Å². The Balaban J connectivity index is 3.79. The number of hydrogen-bond acceptors (Lipinski definition) is 3. The van der Waals surface area contributed by atoms with Crippen LogP contribution in [0.15, 0.2) is 12.2 Å². The van der Waals surface area contributed by atoms with Crippen molar-refractivity contribution in [3.63, 3.8) is 0 Å². The van der Waals surface area contributed by atoms with E-state index in [9.17, 15) is 9.59 Å². The summed E-state index contributed by atoms with van der Waals surface area (Å²) >= 11 is 0. The third-order valence-electron chi connectivity index (χ3n) is 1.03. The number of aliphatic hydroxyl groups is 1. The SMILES string of the molecule is C=C(C)C(=O)CC(O)C=O. The predicted molar refractivity (Wildman–Crippen MR) is 36.5 cm³/mol. The minimum absolute atomic E-state index is 0.154. The maximum Gasteiger partial charge on any atom is 0.161 e. The van der Waals surface area contributed by atoms with Crippen LogP contribution in [0.1, 0.15) is 13.3 Å². The van der Waals surface area contributed by atoms with E-state index in [0.29, 0.717) is 11.9 Å². The lowest BCUT2D eigenvalue weighted by Gasteiger charge is -1.99. The molecular formula is C7H10O3. The van der Waals surface area contributed by atoms with E-state index < -0.39 is 6.10 Å². The van der Waals surface area contributed by atoms with Crippen LogP contribution in [-0.4, -0.2) is 23.3 Å². The van der Waals surface area contributed by atoms with Crippen molar-refractivity contribution < 1.29 is 14.7 Å². The zero-order valence-corrected chi connectivity index (χ0v) is 5.83. The fourth-order valence-corrected chi connectivity index (χ4v) is 0.412. The Morgan fingerprint density at radius 1 is 1.80 bits per heavy atom. The number of ketones is 1. The van der Waals surface area contributed by atoms with E-state index in [4.69, 9.17) is 5.11 Å². The third kappa shape index (κ3) is 3.14. The highest BCUT2D eigenvalue weighted by atomic mass is 16.3. The summed E-state index contributed by atoms with van der Waals surface area (Å²) in [6.07, 6.45) is -0.996. The fourth-order valence-electron chi connectivity index (χ4n) is 0.412. The lowest BCUT2D eigenvalue weighted by atomic mass is 10.1. The number of Topliss-reactive ketones (excluding diaryl/α,β-unsaturated/α-hetero) is 1. The molecule has 1 unspecified atom stereocenters. The number of rotatable bonds is 4. The van der Waals surface area contributed by atoms with Crippen LogP contribution in [0.5, 0.6) is 0 Å². The van der Waals surface area contributed by atoms with Gasteiger partial charge in [-0.25, -0.2) is 0 Å². The molecule has 0 aromatic rings. The highest BCUT2D eigenvalue weighted by Gasteiger charge is 2.08. The van der Waals surface area contributed by atoms with Crippen molar-refractivity contribution in [3.05, 3.63) is 12.2 Å². The van der Waals surface area contributed by atoms with Gasteiger partial charge in [-0.05, 0) is 12.5 Å². The number of aliphatic hydroxyl groups excluding tert-OH is 1. The molecule has 0 aliphatic rings. The molecular weight excluding hydrogens is 132 g/mol. The largest absolute Gasteiger partial charge is 0.385 e. The molecule has 0 fully saturated rings. The Bertz CT molecular complexity index is 160. The van der Waals surface area contributed by atoms with Gasteiger partial charge in [-0.1, -0.05) is 6.58 Å². The Kier molecular flexibility index (Phi) is 3.57. The molecule has 0 aromatic heterocycles. The van der Waals surface area contributed by atoms with Crippen LogP contribution in [0.25, 0.3) is 0 Å². The summed E-state index contributed by atoms with van der Waals surface area (Å²) < 4.78 is 0. The Morgan fingerprint density at radius 3 is 2.60 bits per heavy atom. The van der Waals surface area contributed by atoms with Crippen LogP contribution in [-0.2, 0) is 9.59 Å². The maximum absolute atomic E-state index is 10.7. The standard InChI is InChI=1S/C7H10O3/c1-5(2)7(10)3-6(9)4-8/h4,6,9H,1,3H2,2H3. The van der Waals surface area contributed by atoms with E-state index in [-0.39, 0.29) is 12.2 Å². The highest BCUT2D eigenvalue weighted by Crippen LogP contribution is 1.97. The number of hydrogen-bond donors (Lipinski definition) is 1. The molecule has 0 heterocycles. The quantitative estimate of drug-likeness (QED) is 0.446. The summed E-state index contributed by atoms with van der Waals surface area (Å²) in [6, 6.07) is 0. The first-order valence-electron chi connectivity index (χ1n) is 2.90. The summed E-state index contributed by atoms with van der Waals surface area (Å²) in [5, 5.41) is 8.65. The average molecular weight is 142 g/mol. The highest BCUT2D eigenvalue weighted by molar-refractivity contribution is 5.95. The van der Waals surface area contributed by atoms with Gasteiger partial charge in [-0.2, -0.15) is 0 Å². The predicted octanol–water partition coefficient (Wildman–Crippen LogP) is 0.0815. The van der Waals surface area contributed by atoms with Gasteiger partial charge < -0.3 is 9.90 Å². The van der Waals surface area contributed by atoms with Gasteiger partial charge in [0.1, 0.15) is 12.4 Å². The third-order valence-corrected chi connectivity index (χ3v) is 1.03. The molecule has 0 saturated carbocycles. The minimum Gasteiger partial charge on any atom is -0.385 e. The van der Waals surface area contributed by atoms with Gasteiger partial charge in [0.15, 0.2) is 5.78 Å². The molecule has 0 spiro atoms. The lowest BCUT2D eigenvalue weighted by molar-refractivity contribution is -0.122. The topological polar surface area (TPSA) is 54.4 Å². The first-order chi connectivity index (χ1) is 4.57. The molecule has 0 rings (SSSR count). The molecule has 3 nitrogen and oxygen atoms in total. The van der Waals surface area contributed by atoms with E-state index in [1.54, 1.807) is 6.92 Å². The lowest BCUT2D eigenvalue weighted by Crippen LogP contribution is -2.14. The van der Waals surface area contributed by atoms with E-state index in [2.05, 4.69) is 6.58 Å². The van der Waals surface area contributed by atoms with Crippen LogP contribution < -0.4 is 0 Å². The van der Waals surface area contributed by atoms with E-state index >= 15 is 0 Å². The smallest absolute Gasteiger partial charge is 0.161 e. The summed E-state index contributed by atoms with van der Waals surface area (Å²) in [5.74, 6) is -0.278. The molecule has 0 aliphatic heterocycles. The zero-order chi connectivity index (χ0) is 8.15. The van der Waals surface area contributed by atoms with Crippen molar-refractivity contribution in [2.75, 3.05) is 0 Å². The second-order valence-electron chi connectivity index (χ2n) is 2.11. The number of carbonyl (C=O) groups is 2. The summed E-state index contributed by atoms with van der Waals surface area (Å²) in [4.78, 5) is 20.5. The van der Waals surface area contributed by atoms with Gasteiger partial charge in [-0.3, -0.25) is 4.79 Å². The zero-order valence-electron chi connectivity index (χ0n) is 5.83. The molecule has 0 aliphatic carbocycles. The van der Waals surface area contributed by atoms with E-state index in [1.165, 1.54) is 0 Å². The summed E-state index contributed by atoms with van der Waals surface area (Å²) in [7, 11) is 0. The second-order valence-corrected chi connectivity index (χ2v) is 2.11. The minimum atomic E-state index is -1.18. The van der Waals surface area contributed by atoms with Crippen molar-refractivity contribution in [2.45, 2.75) is 19.4 Å². The molecule has 10 heavy (non-hydrogen) atoms. The Hall–Kier alpha value is -0.960. The van der Waals surface area contributed by atoms with Crippen molar-refractivity contribution in [3.8, 4) is 0 Å². The van der Waals surface area contributed by atoms with Crippen LogP contribution in [0, 0.1) is 0 Å². The van der Waals surface area contributed by atoms with Gasteiger partial charge in [0, 0.05) is 6.42 Å². The van der Waals surface area contributed by atoms with Gasteiger partial charge in [0.05, 0.1) is 0 Å². The molecule has 0 radical (unpaired) electrons. The van der Waals surface area contributed by atoms with E-state index in [1.807, 2.05) is 0 Å². The molecule has 56 valence electrons. The molecule has 0 saturated heterocycles. The van der Waals surface area contributed by atoms with Crippen LogP contribution in [0.4, 0.5) is 0 Å². The Labute approximate surface area is 59.4 Å². The van der Waals surface area contributed by atoms with Crippen molar-refractivity contribution in [1.82, 2.24) is 0 Å². The first kappa shape index (κ1) is 9.04. The molecule has 0 aromatic carbocycles. The fraction of sp³-hybridized carbons (Fsp3) is 0.429. The molecule has 3 heteroatoms. The molecule has 1 atom stereocenters. The van der Waals surface area contributed by atoms with Crippen molar-refractivity contribution >= 4 is 12.1 Å². The van der Waals surface area contributed by atoms with Gasteiger partial charge >= 0.3 is 0 Å². The van der Waals surface area contributed by atoms with Crippen molar-refractivity contribution in [2.24, 2.45) is 0 Å². The molecule has 1 N–H and O–H groups in total. The summed E-state index contributed by atoms with van der Waals surface area (Å²) in [5.41, 5.74) is 0.362. The second kappa shape index (κ2) is 3.95. The monoisotopic (exact) mass is 142 g/mol. The number of carbonyl (C=O) groups excluding carboxylic acids is 2. The Morgan fingerprint density at radius 2 is 2.30 bits per heavy atom.